The molecule has 146 valence electrons. The van der Waals surface area contributed by atoms with Gasteiger partial charge < -0.3 is 14.8 Å². The van der Waals surface area contributed by atoms with Gasteiger partial charge in [0.2, 0.25) is 0 Å². The smallest absolute Gasteiger partial charge is 0.269 e. The Morgan fingerprint density at radius 3 is 2.39 bits per heavy atom. The van der Waals surface area contributed by atoms with Gasteiger partial charge in [-0.15, -0.1) is 0 Å². The van der Waals surface area contributed by atoms with E-state index in [2.05, 4.69) is 15.8 Å². The molecule has 2 rings (SSSR count). The number of ether oxygens (including phenoxy) is 2. The van der Waals surface area contributed by atoms with Crippen molar-refractivity contribution in [3.63, 3.8) is 0 Å². The Kier molecular flexibility index (Phi) is 7.03. The van der Waals surface area contributed by atoms with Gasteiger partial charge in [0.1, 0.15) is 0 Å². The molecule has 2 aromatic rings. The second-order valence-corrected chi connectivity index (χ2v) is 5.39. The minimum Gasteiger partial charge on any atom is -0.493 e. The van der Waals surface area contributed by atoms with E-state index in [-0.39, 0.29) is 17.8 Å². The van der Waals surface area contributed by atoms with E-state index in [9.17, 15) is 19.7 Å². The molecule has 10 nitrogen and oxygen atoms in total. The third kappa shape index (κ3) is 5.53. The third-order valence-corrected chi connectivity index (χ3v) is 3.56. The number of nitro groups is 1. The normalized spacial score (nSPS) is 10.4. The van der Waals surface area contributed by atoms with Crippen molar-refractivity contribution in [1.82, 2.24) is 10.7 Å². The number of rotatable bonds is 8. The number of amides is 2. The molecule has 0 radical (unpaired) electrons. The number of nitrogens with zero attached hydrogens (tertiary/aromatic N) is 2. The Balaban J connectivity index is 1.84. The maximum atomic E-state index is 11.9. The van der Waals surface area contributed by atoms with E-state index in [0.717, 1.165) is 0 Å². The molecule has 2 N–H and O–H groups in total. The number of benzene rings is 2. The number of hydrogen-bond acceptors (Lipinski definition) is 7. The van der Waals surface area contributed by atoms with Crippen LogP contribution >= 0.6 is 0 Å². The first-order valence-corrected chi connectivity index (χ1v) is 8.01. The highest BCUT2D eigenvalue weighted by molar-refractivity contribution is 5.96. The largest absolute Gasteiger partial charge is 0.493 e. The van der Waals surface area contributed by atoms with Crippen LogP contribution in [0.1, 0.15) is 15.9 Å². The number of non-ortho nitro benzene ring substituents is 1. The average molecular weight is 386 g/mol. The molecular weight excluding hydrogens is 368 g/mol. The molecule has 0 saturated carbocycles. The van der Waals surface area contributed by atoms with Crippen molar-refractivity contribution in [2.24, 2.45) is 5.10 Å². The fourth-order valence-electron chi connectivity index (χ4n) is 2.15. The van der Waals surface area contributed by atoms with Gasteiger partial charge in [0, 0.05) is 17.7 Å². The van der Waals surface area contributed by atoms with Crippen LogP contribution in [0.2, 0.25) is 0 Å². The predicted molar refractivity (Wildman–Crippen MR) is 101 cm³/mol. The van der Waals surface area contributed by atoms with Crippen LogP contribution in [-0.2, 0) is 4.79 Å². The molecule has 0 heterocycles. The summed E-state index contributed by atoms with van der Waals surface area (Å²) in [6.07, 6.45) is 1.41. The van der Waals surface area contributed by atoms with Gasteiger partial charge in [0.15, 0.2) is 11.5 Å². The summed E-state index contributed by atoms with van der Waals surface area (Å²) in [5.41, 5.74) is 3.03. The quantitative estimate of drug-likeness (QED) is 0.401. The highest BCUT2D eigenvalue weighted by Gasteiger charge is 2.10. The van der Waals surface area contributed by atoms with Gasteiger partial charge in [0.05, 0.1) is 31.9 Å². The summed E-state index contributed by atoms with van der Waals surface area (Å²) >= 11 is 0. The molecule has 0 fully saturated rings. The minimum atomic E-state index is -0.564. The Morgan fingerprint density at radius 1 is 1.11 bits per heavy atom. The van der Waals surface area contributed by atoms with E-state index in [0.29, 0.717) is 17.1 Å². The molecule has 28 heavy (non-hydrogen) atoms. The van der Waals surface area contributed by atoms with Crippen LogP contribution in [0.4, 0.5) is 5.69 Å². The molecule has 0 bridgehead atoms. The lowest BCUT2D eigenvalue weighted by Crippen LogP contribution is -2.34. The van der Waals surface area contributed by atoms with Crippen molar-refractivity contribution in [2.45, 2.75) is 0 Å². The molecule has 0 aliphatic rings. The summed E-state index contributed by atoms with van der Waals surface area (Å²) in [4.78, 5) is 33.7. The van der Waals surface area contributed by atoms with E-state index >= 15 is 0 Å². The minimum absolute atomic E-state index is 0.126. The zero-order valence-corrected chi connectivity index (χ0v) is 15.2. The maximum Gasteiger partial charge on any atom is 0.269 e. The van der Waals surface area contributed by atoms with Crippen LogP contribution in [0.3, 0.4) is 0 Å². The number of carbonyl (C=O) groups excluding carboxylic acids is 2. The summed E-state index contributed by atoms with van der Waals surface area (Å²) < 4.78 is 10.3. The van der Waals surface area contributed by atoms with E-state index in [1.165, 1.54) is 44.7 Å². The van der Waals surface area contributed by atoms with E-state index in [1.54, 1.807) is 18.2 Å². The molecule has 0 aliphatic heterocycles. The Hall–Kier alpha value is -3.95. The molecule has 0 aliphatic carbocycles. The number of methoxy groups -OCH3 is 2. The van der Waals surface area contributed by atoms with Crippen LogP contribution in [0.5, 0.6) is 11.5 Å². The Bertz CT molecular complexity index is 895. The summed E-state index contributed by atoms with van der Waals surface area (Å²) in [6, 6.07) is 10.1. The summed E-state index contributed by atoms with van der Waals surface area (Å²) in [7, 11) is 3.03. The number of carbonyl (C=O) groups is 2. The second kappa shape index (κ2) is 9.67. The van der Waals surface area contributed by atoms with Gasteiger partial charge in [-0.1, -0.05) is 0 Å². The van der Waals surface area contributed by atoms with Gasteiger partial charge in [-0.25, -0.2) is 5.43 Å². The number of hydrazone groups is 1. The summed E-state index contributed by atoms with van der Waals surface area (Å²) in [5.74, 6) is 0.0201. The fraction of sp³-hybridized carbons (Fsp3) is 0.167. The first-order chi connectivity index (χ1) is 13.4. The van der Waals surface area contributed by atoms with Gasteiger partial charge in [-0.05, 0) is 35.9 Å². The lowest BCUT2D eigenvalue weighted by atomic mass is 10.2. The average Bonchev–Trinajstić information content (AvgIpc) is 2.71. The van der Waals surface area contributed by atoms with Crippen molar-refractivity contribution in [1.29, 1.82) is 0 Å². The van der Waals surface area contributed by atoms with Crippen molar-refractivity contribution in [3.8, 4) is 11.5 Å². The zero-order valence-electron chi connectivity index (χ0n) is 15.2. The first kappa shape index (κ1) is 20.4. The monoisotopic (exact) mass is 386 g/mol. The molecule has 0 atom stereocenters. The van der Waals surface area contributed by atoms with E-state index in [4.69, 9.17) is 9.47 Å². The molecule has 0 spiro atoms. The highest BCUT2D eigenvalue weighted by Crippen LogP contribution is 2.26. The summed E-state index contributed by atoms with van der Waals surface area (Å²) in [6.45, 7) is -0.306. The molecule has 2 aromatic carbocycles. The Labute approximate surface area is 160 Å². The topological polar surface area (TPSA) is 132 Å². The molecule has 0 aromatic heterocycles. The lowest BCUT2D eigenvalue weighted by molar-refractivity contribution is -0.384. The van der Waals surface area contributed by atoms with Gasteiger partial charge in [0.25, 0.3) is 17.5 Å². The second-order valence-electron chi connectivity index (χ2n) is 5.39. The van der Waals surface area contributed by atoms with Gasteiger partial charge in [-0.3, -0.25) is 19.7 Å². The van der Waals surface area contributed by atoms with Gasteiger partial charge in [-0.2, -0.15) is 5.10 Å². The fourth-order valence-corrected chi connectivity index (χ4v) is 2.15. The summed E-state index contributed by atoms with van der Waals surface area (Å²) in [5, 5.41) is 16.8. The third-order valence-electron chi connectivity index (χ3n) is 3.56. The first-order valence-electron chi connectivity index (χ1n) is 8.01. The molecule has 0 saturated heterocycles. The zero-order chi connectivity index (χ0) is 20.5. The van der Waals surface area contributed by atoms with Crippen molar-refractivity contribution >= 4 is 23.7 Å². The maximum absolute atomic E-state index is 11.9. The van der Waals surface area contributed by atoms with Crippen LogP contribution in [-0.4, -0.2) is 43.7 Å². The Morgan fingerprint density at radius 2 is 1.79 bits per heavy atom. The van der Waals surface area contributed by atoms with E-state index in [1.807, 2.05) is 0 Å². The number of hydrogen-bond donors (Lipinski definition) is 2. The number of nitro benzene ring substituents is 1. The van der Waals surface area contributed by atoms with Gasteiger partial charge >= 0.3 is 0 Å². The molecular formula is C18H18N4O6. The lowest BCUT2D eigenvalue weighted by Gasteiger charge is -2.07. The van der Waals surface area contributed by atoms with Crippen LogP contribution < -0.4 is 20.2 Å². The van der Waals surface area contributed by atoms with Crippen LogP contribution in [0.25, 0.3) is 0 Å². The molecule has 0 unspecified atom stereocenters. The number of nitrogens with one attached hydrogen (secondary N) is 2. The van der Waals surface area contributed by atoms with E-state index < -0.39 is 16.7 Å². The molecule has 2 amide bonds. The highest BCUT2D eigenvalue weighted by atomic mass is 16.6. The predicted octanol–water partition coefficient (Wildman–Crippen LogP) is 1.49. The van der Waals surface area contributed by atoms with Crippen molar-refractivity contribution in [3.05, 3.63) is 63.7 Å². The SMILES string of the molecule is COc1ccc(/C=N/NC(=O)CNC(=O)c2ccc([N+](=O)[O-])cc2)cc1OC. The van der Waals surface area contributed by atoms with Crippen molar-refractivity contribution < 1.29 is 24.0 Å². The van der Waals surface area contributed by atoms with Crippen LogP contribution in [0, 0.1) is 10.1 Å². The standard InChI is InChI=1S/C18H18N4O6/c1-27-15-8-3-12(9-16(15)28-2)10-20-21-17(23)11-19-18(24)13-4-6-14(7-5-13)22(25)26/h3-10H,11H2,1-2H3,(H,19,24)(H,21,23)/b20-10+. The van der Waals surface area contributed by atoms with Crippen molar-refractivity contribution in [2.75, 3.05) is 20.8 Å². The molecule has 10 heteroatoms. The van der Waals surface area contributed by atoms with Crippen LogP contribution in [0.15, 0.2) is 47.6 Å².